The first kappa shape index (κ1) is 13.8. The zero-order valence-electron chi connectivity index (χ0n) is 11.7. The summed E-state index contributed by atoms with van der Waals surface area (Å²) in [5, 5.41) is 20.2. The third-order valence-electron chi connectivity index (χ3n) is 4.98. The smallest absolute Gasteiger partial charge is 0.145 e. The van der Waals surface area contributed by atoms with E-state index in [-0.39, 0.29) is 22.9 Å². The van der Waals surface area contributed by atoms with Crippen LogP contribution in [0.25, 0.3) is 0 Å². The Balaban J connectivity index is 2.31. The second kappa shape index (κ2) is 4.17. The Morgan fingerprint density at radius 1 is 1.22 bits per heavy atom. The number of allylic oxidation sites excluding steroid dienone is 1. The molecule has 2 rings (SSSR count). The second-order valence-corrected chi connectivity index (χ2v) is 7.10. The van der Waals surface area contributed by atoms with Gasteiger partial charge in [0.25, 0.3) is 0 Å². The molecule has 0 aromatic rings. The zero-order chi connectivity index (χ0) is 13.7. The number of hydrogen-bond donors (Lipinski definition) is 2. The first-order chi connectivity index (χ1) is 8.21. The van der Waals surface area contributed by atoms with Crippen molar-refractivity contribution in [1.29, 1.82) is 0 Å². The summed E-state index contributed by atoms with van der Waals surface area (Å²) in [6, 6.07) is 0. The molecule has 2 saturated carbocycles. The van der Waals surface area contributed by atoms with Gasteiger partial charge in [0.2, 0.25) is 0 Å². The van der Waals surface area contributed by atoms with Crippen molar-refractivity contribution in [2.45, 2.75) is 59.2 Å². The van der Waals surface area contributed by atoms with Crippen molar-refractivity contribution >= 4 is 6.29 Å². The molecule has 5 unspecified atom stereocenters. The van der Waals surface area contributed by atoms with Gasteiger partial charge in [-0.05, 0) is 54.1 Å². The van der Waals surface area contributed by atoms with E-state index in [9.17, 15) is 15.0 Å². The van der Waals surface area contributed by atoms with Crippen molar-refractivity contribution in [3.8, 4) is 0 Å². The topological polar surface area (TPSA) is 57.5 Å². The minimum absolute atomic E-state index is 0.147. The molecule has 0 saturated heterocycles. The molecule has 2 aliphatic rings. The molecule has 0 amide bonds. The molecule has 0 aliphatic heterocycles. The van der Waals surface area contributed by atoms with Crippen LogP contribution in [0.5, 0.6) is 0 Å². The molecular formula is C15H24O3. The Morgan fingerprint density at radius 2 is 1.83 bits per heavy atom. The van der Waals surface area contributed by atoms with Crippen molar-refractivity contribution in [2.75, 3.05) is 0 Å². The molecule has 0 aromatic heterocycles. The van der Waals surface area contributed by atoms with E-state index in [2.05, 4.69) is 20.8 Å². The summed E-state index contributed by atoms with van der Waals surface area (Å²) in [5.41, 5.74) is 1.42. The molecule has 2 fully saturated rings. The summed E-state index contributed by atoms with van der Waals surface area (Å²) in [7, 11) is 0. The molecule has 3 heteroatoms. The van der Waals surface area contributed by atoms with Gasteiger partial charge in [-0.2, -0.15) is 0 Å². The van der Waals surface area contributed by atoms with Crippen molar-refractivity contribution in [2.24, 2.45) is 16.7 Å². The summed E-state index contributed by atoms with van der Waals surface area (Å²) < 4.78 is 0. The Hall–Kier alpha value is -0.670. The van der Waals surface area contributed by atoms with E-state index in [4.69, 9.17) is 0 Å². The minimum atomic E-state index is -0.504. The van der Waals surface area contributed by atoms with Crippen LogP contribution >= 0.6 is 0 Å². The van der Waals surface area contributed by atoms with Gasteiger partial charge in [0.15, 0.2) is 0 Å². The molecule has 18 heavy (non-hydrogen) atoms. The largest absolute Gasteiger partial charge is 0.393 e. The molecule has 0 aromatic carbocycles. The Morgan fingerprint density at radius 3 is 2.22 bits per heavy atom. The molecule has 0 spiro atoms. The Bertz CT molecular complexity index is 397. The maximum absolute atomic E-state index is 11.0. The summed E-state index contributed by atoms with van der Waals surface area (Å²) in [6.07, 6.45) is 2.40. The lowest BCUT2D eigenvalue weighted by atomic mass is 10.3. The predicted molar refractivity (Wildman–Crippen MR) is 70.0 cm³/mol. The molecule has 3 nitrogen and oxygen atoms in total. The van der Waals surface area contributed by atoms with Gasteiger partial charge in [0, 0.05) is 0 Å². The van der Waals surface area contributed by atoms with Crippen molar-refractivity contribution in [1.82, 2.24) is 0 Å². The molecule has 2 aliphatic carbocycles. The molecular weight excluding hydrogens is 240 g/mol. The van der Waals surface area contributed by atoms with Gasteiger partial charge in [0.05, 0.1) is 12.2 Å². The number of carbonyl (C=O) groups excluding carboxylic acids is 1. The van der Waals surface area contributed by atoms with Gasteiger partial charge in [-0.3, -0.25) is 4.79 Å². The molecule has 0 radical (unpaired) electrons. The van der Waals surface area contributed by atoms with Crippen LogP contribution in [0.3, 0.4) is 0 Å². The van der Waals surface area contributed by atoms with E-state index in [0.29, 0.717) is 12.0 Å². The van der Waals surface area contributed by atoms with Crippen LogP contribution in [0.2, 0.25) is 0 Å². The van der Waals surface area contributed by atoms with Crippen molar-refractivity contribution < 1.29 is 15.0 Å². The lowest BCUT2D eigenvalue weighted by Gasteiger charge is -2.51. The highest BCUT2D eigenvalue weighted by atomic mass is 16.4. The third kappa shape index (κ3) is 1.94. The minimum Gasteiger partial charge on any atom is -0.393 e. The van der Waals surface area contributed by atoms with Crippen LogP contribution in [0.15, 0.2) is 11.1 Å². The molecule has 0 heterocycles. The van der Waals surface area contributed by atoms with Gasteiger partial charge in [-0.1, -0.05) is 20.8 Å². The number of aliphatic hydroxyl groups is 2. The van der Waals surface area contributed by atoms with Crippen molar-refractivity contribution in [3.63, 3.8) is 0 Å². The summed E-state index contributed by atoms with van der Waals surface area (Å²) in [4.78, 5) is 11.0. The average Bonchev–Trinajstić information content (AvgIpc) is 2.51. The van der Waals surface area contributed by atoms with Gasteiger partial charge in [0.1, 0.15) is 6.29 Å². The highest BCUT2D eigenvalue weighted by Gasteiger charge is 2.56. The van der Waals surface area contributed by atoms with E-state index in [1.165, 1.54) is 0 Å². The lowest BCUT2D eigenvalue weighted by Crippen LogP contribution is -2.50. The number of carbonyl (C=O) groups is 1. The van der Waals surface area contributed by atoms with E-state index in [1.54, 1.807) is 6.92 Å². The van der Waals surface area contributed by atoms with Crippen LogP contribution in [0.4, 0.5) is 0 Å². The number of aldehydes is 1. The zero-order valence-corrected chi connectivity index (χ0v) is 11.7. The summed E-state index contributed by atoms with van der Waals surface area (Å²) in [6.45, 7) is 8.18. The Labute approximate surface area is 109 Å². The second-order valence-electron chi connectivity index (χ2n) is 7.10. The van der Waals surface area contributed by atoms with Crippen molar-refractivity contribution in [3.05, 3.63) is 11.1 Å². The number of hydrogen-bond acceptors (Lipinski definition) is 3. The fourth-order valence-corrected chi connectivity index (χ4v) is 4.16. The van der Waals surface area contributed by atoms with Gasteiger partial charge in [-0.15, -0.1) is 0 Å². The van der Waals surface area contributed by atoms with E-state index >= 15 is 0 Å². The highest BCUT2D eigenvalue weighted by Crippen LogP contribution is 2.59. The monoisotopic (exact) mass is 264 g/mol. The first-order valence-corrected chi connectivity index (χ1v) is 6.74. The van der Waals surface area contributed by atoms with Crippen LogP contribution < -0.4 is 0 Å². The van der Waals surface area contributed by atoms with Crippen LogP contribution in [-0.4, -0.2) is 28.7 Å². The van der Waals surface area contributed by atoms with Crippen LogP contribution in [0, 0.1) is 16.7 Å². The Kier molecular flexibility index (Phi) is 3.19. The standard InChI is InChI=1S/C15H24O3/c1-9(8-16)13-12(18)7-15(13,4)10-5-14(2,3)6-11(10)17/h8,10-12,17-18H,5-7H2,1-4H3/b13-9-/i1+1,2+1,4+1,5+1,6+1,9+1,10+1,11+1,12+1,13+1,14+1,15+1. The number of rotatable bonds is 2. The van der Waals surface area contributed by atoms with Crippen LogP contribution in [-0.2, 0) is 4.79 Å². The first-order valence-electron chi connectivity index (χ1n) is 6.74. The van der Waals surface area contributed by atoms with E-state index in [1.807, 2.05) is 0 Å². The van der Waals surface area contributed by atoms with Crippen LogP contribution in [0.1, 0.15) is 47.0 Å². The van der Waals surface area contributed by atoms with Gasteiger partial charge >= 0.3 is 0 Å². The SMILES string of the molecule is C[13C]1([13CH3])[13CH2][13CH](O)[13CH]([13C]2([13CH3])C[13CH](O)/[13C]2=[13C](\[13CH3])C=O)[13CH2]1. The van der Waals surface area contributed by atoms with E-state index < -0.39 is 6.10 Å². The molecule has 5 atom stereocenters. The predicted octanol–water partition coefficient (Wildman–Crippen LogP) is 2.07. The third-order valence-corrected chi connectivity index (χ3v) is 4.98. The normalized spacial score (nSPS) is 50.9. The quantitative estimate of drug-likeness (QED) is 0.456. The maximum atomic E-state index is 11.0. The van der Waals surface area contributed by atoms with Gasteiger partial charge < -0.3 is 10.2 Å². The van der Waals surface area contributed by atoms with Gasteiger partial charge in [-0.25, -0.2) is 0 Å². The summed E-state index contributed by atoms with van der Waals surface area (Å²) >= 11 is 0. The maximum Gasteiger partial charge on any atom is 0.145 e. The number of aliphatic hydroxyl groups excluding tert-OH is 2. The highest BCUT2D eigenvalue weighted by molar-refractivity contribution is 5.75. The lowest BCUT2D eigenvalue weighted by molar-refractivity contribution is -0.105. The fourth-order valence-electron chi connectivity index (χ4n) is 4.16. The molecule has 0 bridgehead atoms. The average molecular weight is 264 g/mol. The summed E-state index contributed by atoms with van der Waals surface area (Å²) in [5.74, 6) is 0.154. The molecule has 2 N–H and O–H groups in total. The molecule has 102 valence electrons. The fraction of sp³-hybridized carbons (Fsp3) is 0.800. The van der Waals surface area contributed by atoms with E-state index in [0.717, 1.165) is 24.7 Å².